The van der Waals surface area contributed by atoms with Crippen molar-refractivity contribution in [3.63, 3.8) is 0 Å². The third-order valence-corrected chi connectivity index (χ3v) is 2.67. The maximum absolute atomic E-state index is 11.6. The number of nitrogens with one attached hydrogen (secondary N) is 1. The molecule has 18 heavy (non-hydrogen) atoms. The Balaban J connectivity index is 2.05. The Morgan fingerprint density at radius 3 is 3.22 bits per heavy atom. The number of fused-ring (bicyclic) bond motifs is 1. The molecule has 0 unspecified atom stereocenters. The largest absolute Gasteiger partial charge is 0.391 e. The van der Waals surface area contributed by atoms with Crippen molar-refractivity contribution in [1.29, 1.82) is 0 Å². The van der Waals surface area contributed by atoms with E-state index in [1.54, 1.807) is 0 Å². The van der Waals surface area contributed by atoms with Gasteiger partial charge in [-0.15, -0.1) is 0 Å². The van der Waals surface area contributed by atoms with Gasteiger partial charge in [-0.3, -0.25) is 4.98 Å². The van der Waals surface area contributed by atoms with E-state index in [0.29, 0.717) is 11.2 Å². The molecule has 0 aromatic carbocycles. The van der Waals surface area contributed by atoms with Gasteiger partial charge in [-0.1, -0.05) is 0 Å². The Labute approximate surface area is 100 Å². The number of nitrogens with two attached hydrogens (primary N) is 1. The second-order valence-electron chi connectivity index (χ2n) is 3.83. The number of H-pyrrole nitrogens is 1. The minimum atomic E-state index is -0.663. The van der Waals surface area contributed by atoms with Gasteiger partial charge < -0.3 is 20.3 Å². The van der Waals surface area contributed by atoms with Gasteiger partial charge in [-0.05, 0) is 0 Å². The van der Waals surface area contributed by atoms with Crippen LogP contribution in [0.2, 0.25) is 0 Å². The summed E-state index contributed by atoms with van der Waals surface area (Å²) in [4.78, 5) is 17.9. The average Bonchev–Trinajstić information content (AvgIpc) is 2.93. The molecule has 1 saturated heterocycles. The van der Waals surface area contributed by atoms with Crippen LogP contribution in [0.25, 0.3) is 5.65 Å². The van der Waals surface area contributed by atoms with Crippen molar-refractivity contribution in [2.75, 3.05) is 18.9 Å². The maximum Gasteiger partial charge on any atom is 0.350 e. The fraction of sp³-hybridized carbons (Fsp3) is 0.444. The number of rotatable bonds is 2. The molecule has 9 nitrogen and oxygen atoms in total. The Bertz CT molecular complexity index is 635. The third-order valence-electron chi connectivity index (χ3n) is 2.67. The van der Waals surface area contributed by atoms with Crippen LogP contribution in [-0.2, 0) is 9.47 Å². The molecule has 0 spiro atoms. The Kier molecular flexibility index (Phi) is 2.51. The fourth-order valence-corrected chi connectivity index (χ4v) is 1.86. The molecule has 0 bridgehead atoms. The van der Waals surface area contributed by atoms with Crippen LogP contribution < -0.4 is 11.4 Å². The molecular weight excluding hydrogens is 242 g/mol. The first kappa shape index (κ1) is 11.1. The summed E-state index contributed by atoms with van der Waals surface area (Å²) >= 11 is 0. The van der Waals surface area contributed by atoms with Gasteiger partial charge in [0.1, 0.15) is 6.10 Å². The first-order valence-electron chi connectivity index (χ1n) is 5.30. The smallest absolute Gasteiger partial charge is 0.350 e. The maximum atomic E-state index is 11.6. The molecule has 96 valence electrons. The van der Waals surface area contributed by atoms with Crippen molar-refractivity contribution >= 4 is 11.6 Å². The highest BCUT2D eigenvalue weighted by Crippen LogP contribution is 2.28. The Morgan fingerprint density at radius 2 is 2.50 bits per heavy atom. The number of nitrogen functional groups attached to an aromatic ring is 1. The monoisotopic (exact) mass is 253 g/mol. The van der Waals surface area contributed by atoms with Crippen molar-refractivity contribution in [2.45, 2.75) is 12.4 Å². The van der Waals surface area contributed by atoms with Crippen molar-refractivity contribution in [3.05, 3.63) is 22.2 Å². The van der Waals surface area contributed by atoms with Crippen LogP contribution in [0.15, 0.2) is 11.0 Å². The summed E-state index contributed by atoms with van der Waals surface area (Å²) in [5.74, 6) is 0.00636. The molecule has 9 heteroatoms. The van der Waals surface area contributed by atoms with Gasteiger partial charge in [0.25, 0.3) is 0 Å². The van der Waals surface area contributed by atoms with Gasteiger partial charge in [-0.25, -0.2) is 4.79 Å². The number of hydrogen-bond donors (Lipinski definition) is 3. The van der Waals surface area contributed by atoms with Gasteiger partial charge >= 0.3 is 5.69 Å². The second-order valence-corrected chi connectivity index (χ2v) is 3.83. The Morgan fingerprint density at radius 1 is 1.67 bits per heavy atom. The van der Waals surface area contributed by atoms with Crippen LogP contribution in [0.4, 0.5) is 5.95 Å². The average molecular weight is 253 g/mol. The van der Waals surface area contributed by atoms with Crippen LogP contribution >= 0.6 is 0 Å². The van der Waals surface area contributed by atoms with Crippen LogP contribution in [0.5, 0.6) is 0 Å². The zero-order valence-corrected chi connectivity index (χ0v) is 9.24. The van der Waals surface area contributed by atoms with E-state index in [-0.39, 0.29) is 19.2 Å². The molecule has 1 aliphatic heterocycles. The summed E-state index contributed by atoms with van der Waals surface area (Å²) in [5, 5.41) is 12.8. The predicted octanol–water partition coefficient (Wildman–Crippen LogP) is -1.59. The molecule has 2 aromatic heterocycles. The van der Waals surface area contributed by atoms with Crippen LogP contribution in [-0.4, -0.2) is 44.2 Å². The van der Waals surface area contributed by atoms with E-state index in [1.807, 2.05) is 0 Å². The fourth-order valence-electron chi connectivity index (χ4n) is 1.86. The van der Waals surface area contributed by atoms with Gasteiger partial charge in [0.15, 0.2) is 11.9 Å². The molecule has 1 aliphatic rings. The molecular formula is C9H11N5O4. The van der Waals surface area contributed by atoms with E-state index >= 15 is 0 Å². The molecule has 0 amide bonds. The number of ether oxygens (including phenoxy) is 2. The number of aliphatic hydroxyl groups is 1. The summed E-state index contributed by atoms with van der Waals surface area (Å²) in [6.45, 7) is 0.0346. The Hall–Kier alpha value is -1.97. The number of aliphatic hydroxyl groups excluding tert-OH is 1. The highest BCUT2D eigenvalue weighted by atomic mass is 16.7. The van der Waals surface area contributed by atoms with E-state index in [9.17, 15) is 4.79 Å². The lowest BCUT2D eigenvalue weighted by atomic mass is 10.2. The highest BCUT2D eigenvalue weighted by molar-refractivity contribution is 5.49. The summed E-state index contributed by atoms with van der Waals surface area (Å²) in [7, 11) is 0. The van der Waals surface area contributed by atoms with Gasteiger partial charge in [0.05, 0.1) is 19.4 Å². The van der Waals surface area contributed by atoms with Crippen molar-refractivity contribution in [3.8, 4) is 0 Å². The molecule has 0 radical (unpaired) electrons. The van der Waals surface area contributed by atoms with Crippen LogP contribution in [0.1, 0.15) is 11.7 Å². The molecule has 2 atom stereocenters. The molecule has 3 heterocycles. The number of nitrogens with zero attached hydrogens (tertiary/aromatic N) is 3. The van der Waals surface area contributed by atoms with Gasteiger partial charge in [0.2, 0.25) is 5.95 Å². The van der Waals surface area contributed by atoms with Gasteiger partial charge in [-0.2, -0.15) is 14.6 Å². The zero-order valence-electron chi connectivity index (χ0n) is 9.24. The van der Waals surface area contributed by atoms with Crippen molar-refractivity contribution in [2.24, 2.45) is 0 Å². The first-order valence-corrected chi connectivity index (χ1v) is 5.30. The lowest BCUT2D eigenvalue weighted by Gasteiger charge is -2.07. The lowest BCUT2D eigenvalue weighted by Crippen LogP contribution is -2.20. The van der Waals surface area contributed by atoms with Crippen LogP contribution in [0.3, 0.4) is 0 Å². The molecule has 0 saturated carbocycles. The van der Waals surface area contributed by atoms with E-state index in [1.165, 1.54) is 6.20 Å². The number of aromatic amines is 1. The minimum Gasteiger partial charge on any atom is -0.391 e. The highest BCUT2D eigenvalue weighted by Gasteiger charge is 2.29. The number of anilines is 1. The van der Waals surface area contributed by atoms with Gasteiger partial charge in [0, 0.05) is 5.56 Å². The zero-order chi connectivity index (χ0) is 12.7. The summed E-state index contributed by atoms with van der Waals surface area (Å²) < 4.78 is 11.7. The first-order chi connectivity index (χ1) is 8.69. The molecule has 2 aromatic rings. The quantitative estimate of drug-likeness (QED) is 0.588. The van der Waals surface area contributed by atoms with Crippen molar-refractivity contribution < 1.29 is 14.6 Å². The van der Waals surface area contributed by atoms with E-state index in [0.717, 1.165) is 4.52 Å². The molecule has 3 rings (SSSR count). The summed E-state index contributed by atoms with van der Waals surface area (Å²) in [6.07, 6.45) is 0.391. The summed E-state index contributed by atoms with van der Waals surface area (Å²) in [5.41, 5.74) is 5.94. The summed E-state index contributed by atoms with van der Waals surface area (Å²) in [6, 6.07) is 0. The molecule has 1 fully saturated rings. The lowest BCUT2D eigenvalue weighted by molar-refractivity contribution is -0.0880. The molecule has 0 aliphatic carbocycles. The standard InChI is InChI=1S/C9H11N5O4/c10-8-12-7-4(1-11-14(7)9(16)13-8)5-3-17-6(2-15)18-5/h1,5-6,15H,2-3H2,(H3,10,12,13,16)/t5-,6-/m1/s1. The number of hydrogen-bond acceptors (Lipinski definition) is 7. The topological polar surface area (TPSA) is 128 Å². The van der Waals surface area contributed by atoms with Crippen molar-refractivity contribution in [1.82, 2.24) is 19.6 Å². The van der Waals surface area contributed by atoms with E-state index in [2.05, 4.69) is 15.1 Å². The van der Waals surface area contributed by atoms with E-state index in [4.69, 9.17) is 20.3 Å². The molecule has 4 N–H and O–H groups in total. The van der Waals surface area contributed by atoms with E-state index < -0.39 is 18.1 Å². The second kappa shape index (κ2) is 4.05. The number of aromatic nitrogens is 4. The predicted molar refractivity (Wildman–Crippen MR) is 58.7 cm³/mol. The third kappa shape index (κ3) is 1.65. The normalized spacial score (nSPS) is 23.8. The van der Waals surface area contributed by atoms with Crippen LogP contribution in [0, 0.1) is 0 Å². The SMILES string of the molecule is Nc1nc2c([C@H]3CO[C@@H](CO)O3)cnn2c(=O)[nH]1. The minimum absolute atomic E-state index is 0.00636.